The van der Waals surface area contributed by atoms with Crippen LogP contribution in [0.5, 0.6) is 0 Å². The number of benzene rings is 1. The van der Waals surface area contributed by atoms with Crippen LogP contribution in [-0.2, 0) is 14.8 Å². The molecule has 6 nitrogen and oxygen atoms in total. The fourth-order valence-electron chi connectivity index (χ4n) is 0.844. The number of methoxy groups -OCH3 is 1. The molecule has 0 saturated heterocycles. The molecular weight excluding hydrogens is 259 g/mol. The van der Waals surface area contributed by atoms with Gasteiger partial charge in [-0.2, -0.15) is 0 Å². The molecule has 1 aromatic rings. The zero-order chi connectivity index (χ0) is 11.5. The van der Waals surface area contributed by atoms with Crippen LogP contribution in [0.25, 0.3) is 5.73 Å². The molecule has 16 heavy (non-hydrogen) atoms. The van der Waals surface area contributed by atoms with Crippen molar-refractivity contribution in [3.8, 4) is 0 Å². The summed E-state index contributed by atoms with van der Waals surface area (Å²) in [6.45, 7) is 0. The first-order valence-corrected chi connectivity index (χ1v) is 5.36. The van der Waals surface area contributed by atoms with Gasteiger partial charge in [-0.1, -0.05) is 12.1 Å². The Morgan fingerprint density at radius 2 is 1.81 bits per heavy atom. The van der Waals surface area contributed by atoms with Crippen molar-refractivity contribution in [3.63, 3.8) is 0 Å². The summed E-state index contributed by atoms with van der Waals surface area (Å²) in [5.41, 5.74) is 7.35. The van der Waals surface area contributed by atoms with E-state index in [0.717, 1.165) is 7.11 Å². The third-order valence-corrected chi connectivity index (χ3v) is 2.90. The largest absolute Gasteiger partial charge is 1.00 e. The van der Waals surface area contributed by atoms with Crippen LogP contribution in [-0.4, -0.2) is 21.6 Å². The molecule has 1 amide bonds. The SMILES string of the molecule is COC(=O)NS(=O)(=O)c1ccc([NH-])cc1.[K+]. The summed E-state index contributed by atoms with van der Waals surface area (Å²) in [5.74, 6) is 0. The van der Waals surface area contributed by atoms with Crippen molar-refractivity contribution in [1.29, 1.82) is 0 Å². The smallest absolute Gasteiger partial charge is 0.699 e. The van der Waals surface area contributed by atoms with Crippen LogP contribution < -0.4 is 56.1 Å². The Balaban J connectivity index is 0.00000225. The maximum Gasteiger partial charge on any atom is 1.00 e. The number of ether oxygens (including phenoxy) is 1. The zero-order valence-electron chi connectivity index (χ0n) is 8.85. The fraction of sp³-hybridized carbons (Fsp3) is 0.125. The molecule has 0 aromatic heterocycles. The molecular formula is C8H9KN2O4S. The maximum absolute atomic E-state index is 11.4. The molecule has 0 heterocycles. The summed E-state index contributed by atoms with van der Waals surface area (Å²) >= 11 is 0. The topological polar surface area (TPSA) is 96.3 Å². The number of rotatable bonds is 2. The quantitative estimate of drug-likeness (QED) is 0.655. The van der Waals surface area contributed by atoms with E-state index in [2.05, 4.69) is 4.74 Å². The number of amides is 1. The second-order valence-electron chi connectivity index (χ2n) is 2.62. The van der Waals surface area contributed by atoms with E-state index in [0.29, 0.717) is 0 Å². The van der Waals surface area contributed by atoms with Gasteiger partial charge in [-0.25, -0.2) is 17.9 Å². The number of hydrogen-bond acceptors (Lipinski definition) is 4. The Kier molecular flexibility index (Phi) is 6.52. The van der Waals surface area contributed by atoms with Crippen molar-refractivity contribution in [1.82, 2.24) is 4.72 Å². The van der Waals surface area contributed by atoms with Gasteiger partial charge in [-0.3, -0.25) is 0 Å². The molecule has 0 spiro atoms. The Morgan fingerprint density at radius 1 is 1.31 bits per heavy atom. The van der Waals surface area contributed by atoms with Crippen molar-refractivity contribution in [2.75, 3.05) is 7.11 Å². The second kappa shape index (κ2) is 6.57. The average molecular weight is 268 g/mol. The number of carbonyl (C=O) groups is 1. The minimum absolute atomic E-state index is 0. The van der Waals surface area contributed by atoms with Crippen LogP contribution in [0.2, 0.25) is 0 Å². The third kappa shape index (κ3) is 4.40. The Morgan fingerprint density at radius 3 is 2.25 bits per heavy atom. The predicted molar refractivity (Wildman–Crippen MR) is 53.2 cm³/mol. The molecule has 0 atom stereocenters. The molecule has 2 N–H and O–H groups in total. The third-order valence-electron chi connectivity index (χ3n) is 1.57. The van der Waals surface area contributed by atoms with Crippen LogP contribution in [0.1, 0.15) is 0 Å². The van der Waals surface area contributed by atoms with Crippen LogP contribution in [0.15, 0.2) is 29.2 Å². The van der Waals surface area contributed by atoms with Gasteiger partial charge in [-0.15, -0.1) is 5.69 Å². The molecule has 0 unspecified atom stereocenters. The van der Waals surface area contributed by atoms with Crippen LogP contribution >= 0.6 is 0 Å². The van der Waals surface area contributed by atoms with E-state index in [1.165, 1.54) is 24.3 Å². The first kappa shape index (κ1) is 15.9. The molecule has 0 aliphatic heterocycles. The Bertz CT molecular complexity index is 457. The molecule has 0 radical (unpaired) electrons. The van der Waals surface area contributed by atoms with Gasteiger partial charge in [-0.05, 0) is 12.1 Å². The molecule has 8 heteroatoms. The summed E-state index contributed by atoms with van der Waals surface area (Å²) < 4.78 is 28.7. The summed E-state index contributed by atoms with van der Waals surface area (Å²) in [4.78, 5) is 10.6. The van der Waals surface area contributed by atoms with Gasteiger partial charge < -0.3 is 10.5 Å². The second-order valence-corrected chi connectivity index (χ2v) is 4.30. The van der Waals surface area contributed by atoms with E-state index in [-0.39, 0.29) is 62.0 Å². The predicted octanol–water partition coefficient (Wildman–Crippen LogP) is -1.58. The van der Waals surface area contributed by atoms with Crippen LogP contribution in [0.3, 0.4) is 0 Å². The average Bonchev–Trinajstić information content (AvgIpc) is 2.17. The minimum Gasteiger partial charge on any atom is -0.699 e. The molecule has 0 aliphatic rings. The summed E-state index contributed by atoms with van der Waals surface area (Å²) in [6, 6.07) is 5.08. The number of carbonyl (C=O) groups excluding carboxylic acids is 1. The number of nitrogens with one attached hydrogen (secondary N) is 2. The van der Waals surface area contributed by atoms with Crippen LogP contribution in [0.4, 0.5) is 10.5 Å². The molecule has 0 fully saturated rings. The van der Waals surface area contributed by atoms with Crippen LogP contribution in [0, 0.1) is 0 Å². The summed E-state index contributed by atoms with van der Waals surface area (Å²) in [5, 5.41) is 0. The molecule has 82 valence electrons. The fourth-order valence-corrected chi connectivity index (χ4v) is 1.76. The first-order valence-electron chi connectivity index (χ1n) is 3.88. The zero-order valence-corrected chi connectivity index (χ0v) is 12.8. The molecule has 1 rings (SSSR count). The Hall–Kier alpha value is -0.124. The van der Waals surface area contributed by atoms with Gasteiger partial charge in [0.25, 0.3) is 10.0 Å². The van der Waals surface area contributed by atoms with Gasteiger partial charge in [0, 0.05) is 0 Å². The van der Waals surface area contributed by atoms with E-state index in [1.807, 2.05) is 0 Å². The molecule has 0 bridgehead atoms. The van der Waals surface area contributed by atoms with Gasteiger partial charge in [0.2, 0.25) is 0 Å². The molecule has 0 aliphatic carbocycles. The van der Waals surface area contributed by atoms with Gasteiger partial charge in [0.05, 0.1) is 12.0 Å². The van der Waals surface area contributed by atoms with Crippen molar-refractivity contribution < 1.29 is 69.3 Å². The molecule has 1 aromatic carbocycles. The van der Waals surface area contributed by atoms with E-state index >= 15 is 0 Å². The van der Waals surface area contributed by atoms with Gasteiger partial charge >= 0.3 is 57.5 Å². The van der Waals surface area contributed by atoms with E-state index < -0.39 is 16.1 Å². The van der Waals surface area contributed by atoms with Gasteiger partial charge in [0.15, 0.2) is 0 Å². The monoisotopic (exact) mass is 268 g/mol. The number of hydrogen-bond donors (Lipinski definition) is 1. The first-order chi connectivity index (χ1) is 6.95. The molecule has 0 saturated carbocycles. The standard InChI is InChI=1S/C8H9N2O4S.K/c1-14-8(11)10-15(12,13)7-4-2-6(9)3-5-7;/h2-5,9H,1H3,(H,10,11);/q-1;+1. The summed E-state index contributed by atoms with van der Waals surface area (Å²) in [6.07, 6.45) is -1.05. The van der Waals surface area contributed by atoms with Crippen molar-refractivity contribution in [2.45, 2.75) is 4.90 Å². The normalized spacial score (nSPS) is 10.1. The van der Waals surface area contributed by atoms with Gasteiger partial charge in [0.1, 0.15) is 0 Å². The van der Waals surface area contributed by atoms with Crippen molar-refractivity contribution >= 4 is 21.8 Å². The van der Waals surface area contributed by atoms with Crippen molar-refractivity contribution in [3.05, 3.63) is 30.0 Å². The van der Waals surface area contributed by atoms with E-state index in [4.69, 9.17) is 5.73 Å². The van der Waals surface area contributed by atoms with Crippen molar-refractivity contribution in [2.24, 2.45) is 0 Å². The van der Waals surface area contributed by atoms with E-state index in [1.54, 1.807) is 4.72 Å². The minimum atomic E-state index is -3.90. The number of sulfonamides is 1. The van der Waals surface area contributed by atoms with E-state index in [9.17, 15) is 13.2 Å². The Labute approximate surface area is 136 Å². The maximum atomic E-state index is 11.4. The summed E-state index contributed by atoms with van der Waals surface area (Å²) in [7, 11) is -2.83.